The van der Waals surface area contributed by atoms with Gasteiger partial charge in [-0.2, -0.15) is 0 Å². The topological polar surface area (TPSA) is 95.6 Å². The van der Waals surface area contributed by atoms with Gasteiger partial charge in [0.15, 0.2) is 0 Å². The lowest BCUT2D eigenvalue weighted by Crippen LogP contribution is -2.43. The molecule has 2 N–H and O–H groups in total. The lowest BCUT2D eigenvalue weighted by atomic mass is 10.0. The number of nitrogens with zero attached hydrogens (tertiary/aromatic N) is 1. The van der Waals surface area contributed by atoms with Crippen molar-refractivity contribution in [1.29, 1.82) is 0 Å². The first-order chi connectivity index (χ1) is 16.7. The van der Waals surface area contributed by atoms with E-state index in [2.05, 4.69) is 10.0 Å². The third-order valence-electron chi connectivity index (χ3n) is 6.05. The zero-order valence-corrected chi connectivity index (χ0v) is 20.6. The molecule has 3 aromatic rings. The Bertz CT molecular complexity index is 1340. The van der Waals surface area contributed by atoms with Crippen molar-refractivity contribution in [3.63, 3.8) is 0 Å². The zero-order valence-electron chi connectivity index (χ0n) is 19.8. The Balaban J connectivity index is 1.62. The summed E-state index contributed by atoms with van der Waals surface area (Å²) in [6.07, 6.45) is 2.06. The van der Waals surface area contributed by atoms with Crippen LogP contribution in [0.25, 0.3) is 0 Å². The van der Waals surface area contributed by atoms with Crippen molar-refractivity contribution < 1.29 is 18.0 Å². The average Bonchev–Trinajstić information content (AvgIpc) is 2.82. The van der Waals surface area contributed by atoms with E-state index in [0.717, 1.165) is 18.4 Å². The number of benzene rings is 3. The van der Waals surface area contributed by atoms with Crippen molar-refractivity contribution in [2.45, 2.75) is 44.0 Å². The number of sulfonamides is 1. The Hall–Kier alpha value is -3.65. The number of amides is 2. The first-order valence-electron chi connectivity index (χ1n) is 11.6. The average molecular weight is 492 g/mol. The van der Waals surface area contributed by atoms with Crippen molar-refractivity contribution in [3.05, 3.63) is 89.5 Å². The number of hydrogen-bond donors (Lipinski definition) is 2. The van der Waals surface area contributed by atoms with E-state index >= 15 is 0 Å². The Morgan fingerprint density at radius 2 is 1.69 bits per heavy atom. The van der Waals surface area contributed by atoms with Crippen LogP contribution in [0.3, 0.4) is 0 Å². The van der Waals surface area contributed by atoms with E-state index in [1.54, 1.807) is 42.2 Å². The predicted octanol–water partition coefficient (Wildman–Crippen LogP) is 4.80. The van der Waals surface area contributed by atoms with Crippen LogP contribution in [-0.4, -0.2) is 31.7 Å². The highest BCUT2D eigenvalue weighted by Crippen LogP contribution is 2.28. The second kappa shape index (κ2) is 10.3. The van der Waals surface area contributed by atoms with Gasteiger partial charge in [0.1, 0.15) is 6.04 Å². The third-order valence-corrected chi connectivity index (χ3v) is 7.57. The van der Waals surface area contributed by atoms with Crippen LogP contribution in [0.4, 0.5) is 11.4 Å². The smallest absolute Gasteiger partial charge is 0.262 e. The molecule has 1 unspecified atom stereocenters. The van der Waals surface area contributed by atoms with E-state index in [0.29, 0.717) is 35.5 Å². The van der Waals surface area contributed by atoms with Gasteiger partial charge in [-0.25, -0.2) is 8.42 Å². The Morgan fingerprint density at radius 3 is 2.40 bits per heavy atom. The fraction of sp³-hybridized carbons (Fsp3) is 0.259. The highest BCUT2D eigenvalue weighted by atomic mass is 32.2. The molecular weight excluding hydrogens is 462 g/mol. The summed E-state index contributed by atoms with van der Waals surface area (Å²) < 4.78 is 28.9. The molecule has 0 bridgehead atoms. The number of aryl methyl sites for hydroxylation is 2. The number of nitrogens with one attached hydrogen (secondary N) is 2. The maximum atomic E-state index is 13.5. The zero-order chi connectivity index (χ0) is 25.0. The monoisotopic (exact) mass is 491 g/mol. The molecule has 0 aliphatic carbocycles. The van der Waals surface area contributed by atoms with Crippen molar-refractivity contribution in [2.24, 2.45) is 0 Å². The molecule has 0 aromatic heterocycles. The van der Waals surface area contributed by atoms with Crippen LogP contribution in [0.5, 0.6) is 0 Å². The number of carbonyl (C=O) groups is 2. The molecule has 35 heavy (non-hydrogen) atoms. The van der Waals surface area contributed by atoms with Crippen molar-refractivity contribution in [2.75, 3.05) is 16.6 Å². The minimum Gasteiger partial charge on any atom is -0.327 e. The van der Waals surface area contributed by atoms with Crippen LogP contribution in [0, 0.1) is 13.8 Å². The number of rotatable bonds is 7. The predicted molar refractivity (Wildman–Crippen MR) is 137 cm³/mol. The maximum absolute atomic E-state index is 13.5. The van der Waals surface area contributed by atoms with Crippen LogP contribution < -0.4 is 10.0 Å². The number of hydrogen-bond acceptors (Lipinski definition) is 4. The van der Waals surface area contributed by atoms with Crippen LogP contribution in [-0.2, 0) is 19.6 Å². The number of carbonyl (C=O) groups excluding carboxylic acids is 2. The van der Waals surface area contributed by atoms with E-state index in [1.165, 1.54) is 6.07 Å². The Morgan fingerprint density at radius 1 is 0.914 bits per heavy atom. The fourth-order valence-electron chi connectivity index (χ4n) is 4.30. The van der Waals surface area contributed by atoms with Crippen molar-refractivity contribution >= 4 is 33.2 Å². The second-order valence-corrected chi connectivity index (χ2v) is 10.5. The van der Waals surface area contributed by atoms with Crippen LogP contribution in [0.2, 0.25) is 0 Å². The van der Waals surface area contributed by atoms with Crippen molar-refractivity contribution in [1.82, 2.24) is 4.90 Å². The van der Waals surface area contributed by atoms with Crippen molar-refractivity contribution in [3.8, 4) is 0 Å². The normalized spacial score (nSPS) is 14.9. The summed E-state index contributed by atoms with van der Waals surface area (Å²) in [6, 6.07) is 20.2. The quantitative estimate of drug-likeness (QED) is 0.496. The van der Waals surface area contributed by atoms with E-state index in [9.17, 15) is 18.0 Å². The van der Waals surface area contributed by atoms with Gasteiger partial charge in [-0.1, -0.05) is 48.5 Å². The van der Waals surface area contributed by atoms with Gasteiger partial charge < -0.3 is 10.2 Å². The molecule has 0 radical (unpaired) electrons. The van der Waals surface area contributed by atoms with Gasteiger partial charge >= 0.3 is 0 Å². The molecule has 1 atom stereocenters. The summed E-state index contributed by atoms with van der Waals surface area (Å²) >= 11 is 0. The summed E-state index contributed by atoms with van der Waals surface area (Å²) in [5.74, 6) is -0.444. The molecule has 1 heterocycles. The molecule has 7 nitrogen and oxygen atoms in total. The highest BCUT2D eigenvalue weighted by molar-refractivity contribution is 7.92. The molecule has 1 aliphatic rings. The van der Waals surface area contributed by atoms with E-state index in [-0.39, 0.29) is 16.7 Å². The molecule has 1 saturated heterocycles. The van der Waals surface area contributed by atoms with Gasteiger partial charge in [0, 0.05) is 24.3 Å². The van der Waals surface area contributed by atoms with Gasteiger partial charge in [-0.05, 0) is 67.6 Å². The van der Waals surface area contributed by atoms with Crippen LogP contribution in [0.1, 0.15) is 42.0 Å². The maximum Gasteiger partial charge on any atom is 0.262 e. The highest BCUT2D eigenvalue weighted by Gasteiger charge is 2.33. The minimum atomic E-state index is -3.89. The van der Waals surface area contributed by atoms with Gasteiger partial charge in [0.2, 0.25) is 5.91 Å². The summed E-state index contributed by atoms with van der Waals surface area (Å²) in [5, 5.41) is 2.85. The number of likely N-dealkylation sites (tertiary alicyclic amines) is 1. The SMILES string of the molecule is Cc1cccc(NS(=O)(=O)c2cc(NC(=O)C(c3ccccc3)N3CCCCC3=O)ccc2C)c1. The minimum absolute atomic E-state index is 0.0604. The number of piperidine rings is 1. The molecule has 3 aromatic carbocycles. The summed E-state index contributed by atoms with van der Waals surface area (Å²) in [7, 11) is -3.89. The molecule has 8 heteroatoms. The van der Waals surface area contributed by atoms with E-state index in [4.69, 9.17) is 0 Å². The lowest BCUT2D eigenvalue weighted by molar-refractivity contribution is -0.141. The molecule has 0 spiro atoms. The fourth-order valence-corrected chi connectivity index (χ4v) is 5.63. The standard InChI is InChI=1S/C27H29N3O4S/c1-19-9-8-12-23(17-19)29-35(33,34)24-18-22(15-14-20(24)2)28-27(32)26(21-10-4-3-5-11-21)30-16-7-6-13-25(30)31/h3-5,8-12,14-15,17-18,26,29H,6-7,13,16H2,1-2H3,(H,28,32). The third kappa shape index (κ3) is 5.71. The summed E-state index contributed by atoms with van der Waals surface area (Å²) in [6.45, 7) is 4.09. The first kappa shape index (κ1) is 24.5. The molecular formula is C27H29N3O4S. The second-order valence-electron chi connectivity index (χ2n) is 8.80. The number of anilines is 2. The summed E-state index contributed by atoms with van der Waals surface area (Å²) in [4.78, 5) is 27.8. The van der Waals surface area contributed by atoms with Gasteiger partial charge in [0.05, 0.1) is 4.90 Å². The molecule has 1 aliphatic heterocycles. The largest absolute Gasteiger partial charge is 0.327 e. The van der Waals surface area contributed by atoms with Gasteiger partial charge in [-0.3, -0.25) is 14.3 Å². The molecule has 0 saturated carbocycles. The molecule has 182 valence electrons. The lowest BCUT2D eigenvalue weighted by Gasteiger charge is -2.34. The Kier molecular flexibility index (Phi) is 7.21. The molecule has 2 amide bonds. The van der Waals surface area contributed by atoms with Gasteiger partial charge in [-0.15, -0.1) is 0 Å². The van der Waals surface area contributed by atoms with Crippen LogP contribution in [0.15, 0.2) is 77.7 Å². The summed E-state index contributed by atoms with van der Waals surface area (Å²) in [5.41, 5.74) is 3.00. The van der Waals surface area contributed by atoms with Crippen LogP contribution >= 0.6 is 0 Å². The van der Waals surface area contributed by atoms with Gasteiger partial charge in [0.25, 0.3) is 15.9 Å². The first-order valence-corrected chi connectivity index (χ1v) is 13.1. The Labute approximate surface area is 206 Å². The van der Waals surface area contributed by atoms with E-state index in [1.807, 2.05) is 43.3 Å². The molecule has 4 rings (SSSR count). The molecule has 1 fully saturated rings. The van der Waals surface area contributed by atoms with E-state index < -0.39 is 16.1 Å².